The van der Waals surface area contributed by atoms with Crippen molar-refractivity contribution in [3.63, 3.8) is 0 Å². The number of fused-ring (bicyclic) bond motifs is 1. The van der Waals surface area contributed by atoms with E-state index in [-0.39, 0.29) is 29.4 Å². The number of nitrogens with zero attached hydrogens (tertiary/aromatic N) is 3. The number of hydrogen-bond acceptors (Lipinski definition) is 6. The van der Waals surface area contributed by atoms with Crippen LogP contribution in [0.1, 0.15) is 0 Å². The van der Waals surface area contributed by atoms with Crippen molar-refractivity contribution in [1.82, 2.24) is 15.2 Å². The van der Waals surface area contributed by atoms with Crippen LogP contribution in [0.5, 0.6) is 0 Å². The van der Waals surface area contributed by atoms with Crippen LogP contribution in [0.15, 0.2) is 57.6 Å². The smallest absolute Gasteiger partial charge is 0.316 e. The number of benzene rings is 2. The van der Waals surface area contributed by atoms with Crippen LogP contribution in [0.2, 0.25) is 0 Å². The maximum absolute atomic E-state index is 14.4. The summed E-state index contributed by atoms with van der Waals surface area (Å²) >= 11 is 0. The summed E-state index contributed by atoms with van der Waals surface area (Å²) in [5, 5.41) is 11.1. The molecule has 158 valence electrons. The maximum atomic E-state index is 14.4. The Morgan fingerprint density at radius 2 is 1.94 bits per heavy atom. The summed E-state index contributed by atoms with van der Waals surface area (Å²) in [7, 11) is 1.61. The normalized spacial score (nSPS) is 12.2. The Balaban J connectivity index is 1.80. The van der Waals surface area contributed by atoms with Gasteiger partial charge in [-0.2, -0.15) is 0 Å². The minimum atomic E-state index is -0.779. The van der Waals surface area contributed by atoms with Gasteiger partial charge in [-0.05, 0) is 35.9 Å². The highest BCUT2D eigenvalue weighted by Gasteiger charge is 2.23. The van der Waals surface area contributed by atoms with Gasteiger partial charge in [0.15, 0.2) is 0 Å². The average molecular weight is 426 g/mol. The van der Waals surface area contributed by atoms with Crippen LogP contribution >= 0.6 is 0 Å². The van der Waals surface area contributed by atoms with E-state index in [0.717, 1.165) is 6.07 Å². The molecule has 2 heterocycles. The third-order valence-electron chi connectivity index (χ3n) is 4.55. The van der Waals surface area contributed by atoms with Crippen LogP contribution in [0.4, 0.5) is 19.2 Å². The third-order valence-corrected chi connectivity index (χ3v) is 4.55. The van der Waals surface area contributed by atoms with Gasteiger partial charge in [-0.3, -0.25) is 4.99 Å². The summed E-state index contributed by atoms with van der Waals surface area (Å²) in [6.45, 7) is 0.275. The van der Waals surface area contributed by atoms with Crippen LogP contribution in [0.25, 0.3) is 33.6 Å². The Kier molecular flexibility index (Phi) is 5.44. The van der Waals surface area contributed by atoms with E-state index in [2.05, 4.69) is 25.5 Å². The summed E-state index contributed by atoms with van der Waals surface area (Å²) in [6, 6.07) is 7.56. The van der Waals surface area contributed by atoms with Crippen molar-refractivity contribution in [3.8, 4) is 22.7 Å². The number of rotatable bonds is 6. The Bertz CT molecular complexity index is 1290. The minimum Gasteiger partial charge on any atom is -0.404 e. The second-order valence-corrected chi connectivity index (χ2v) is 6.59. The SMILES string of the molecule is CN=C/C(=C\N)CNc1nnc(-c2c(-c3ccc(F)cc3)[nH]c3c(F)cc(F)cc23)o1. The van der Waals surface area contributed by atoms with Crippen LogP contribution < -0.4 is 11.1 Å². The van der Waals surface area contributed by atoms with E-state index in [0.29, 0.717) is 22.4 Å². The fourth-order valence-corrected chi connectivity index (χ4v) is 3.16. The minimum absolute atomic E-state index is 0.0283. The number of halogens is 3. The fraction of sp³-hybridized carbons (Fsp3) is 0.0952. The summed E-state index contributed by atoms with van der Waals surface area (Å²) < 4.78 is 47.5. The van der Waals surface area contributed by atoms with Crippen molar-refractivity contribution < 1.29 is 17.6 Å². The van der Waals surface area contributed by atoms with Gasteiger partial charge < -0.3 is 20.5 Å². The molecule has 0 fully saturated rings. The number of nitrogens with one attached hydrogen (secondary N) is 2. The fourth-order valence-electron chi connectivity index (χ4n) is 3.16. The van der Waals surface area contributed by atoms with Crippen LogP contribution in [0, 0.1) is 17.5 Å². The van der Waals surface area contributed by atoms with Crippen molar-refractivity contribution in [1.29, 1.82) is 0 Å². The summed E-state index contributed by atoms with van der Waals surface area (Å²) in [4.78, 5) is 6.81. The molecule has 0 saturated heterocycles. The number of anilines is 1. The molecular formula is C21H17F3N6O. The highest BCUT2D eigenvalue weighted by atomic mass is 19.1. The van der Waals surface area contributed by atoms with Crippen molar-refractivity contribution >= 4 is 23.1 Å². The number of hydrogen-bond donors (Lipinski definition) is 3. The lowest BCUT2D eigenvalue weighted by atomic mass is 10.0. The largest absolute Gasteiger partial charge is 0.404 e. The zero-order chi connectivity index (χ0) is 22.0. The standard InChI is InChI=1S/C21H17F3N6O/c1-26-9-11(8-25)10-27-21-30-29-20(31-21)17-15-6-14(23)7-16(24)19(15)28-18(17)12-2-4-13(22)5-3-12/h2-9,28H,10,25H2,1H3,(H,27,30)/b11-8+,26-9?. The van der Waals surface area contributed by atoms with Gasteiger partial charge in [-0.1, -0.05) is 5.10 Å². The molecule has 10 heteroatoms. The van der Waals surface area contributed by atoms with Gasteiger partial charge in [-0.15, -0.1) is 5.10 Å². The molecule has 0 amide bonds. The first-order chi connectivity index (χ1) is 15.0. The number of nitrogens with two attached hydrogens (primary N) is 1. The quantitative estimate of drug-likeness (QED) is 0.400. The van der Waals surface area contributed by atoms with Crippen molar-refractivity contribution in [2.24, 2.45) is 10.7 Å². The number of aliphatic imine (C=N–C) groups is 1. The molecule has 0 aliphatic rings. The molecule has 0 unspecified atom stereocenters. The molecule has 0 spiro atoms. The molecule has 0 aliphatic carbocycles. The van der Waals surface area contributed by atoms with Crippen molar-refractivity contribution in [2.45, 2.75) is 0 Å². The zero-order valence-electron chi connectivity index (χ0n) is 16.3. The molecule has 2 aromatic heterocycles. The molecule has 0 bridgehead atoms. The first-order valence-corrected chi connectivity index (χ1v) is 9.17. The lowest BCUT2D eigenvalue weighted by molar-refractivity contribution is 0.584. The van der Waals surface area contributed by atoms with Crippen LogP contribution in [-0.4, -0.2) is 35.0 Å². The van der Waals surface area contributed by atoms with E-state index in [1.165, 1.54) is 36.5 Å². The third kappa shape index (κ3) is 4.00. The van der Waals surface area contributed by atoms with Crippen molar-refractivity contribution in [3.05, 3.63) is 65.6 Å². The number of aromatic amines is 1. The van der Waals surface area contributed by atoms with E-state index < -0.39 is 17.5 Å². The highest BCUT2D eigenvalue weighted by Crippen LogP contribution is 2.39. The molecule has 4 rings (SSSR count). The summed E-state index contributed by atoms with van der Waals surface area (Å²) in [5.74, 6) is -1.94. The molecule has 0 saturated carbocycles. The highest BCUT2D eigenvalue weighted by molar-refractivity contribution is 6.02. The molecule has 7 nitrogen and oxygen atoms in total. The van der Waals surface area contributed by atoms with Gasteiger partial charge in [0, 0.05) is 43.0 Å². The van der Waals surface area contributed by atoms with E-state index in [4.69, 9.17) is 10.2 Å². The molecule has 4 aromatic rings. The topological polar surface area (TPSA) is 105 Å². The zero-order valence-corrected chi connectivity index (χ0v) is 16.3. The maximum Gasteiger partial charge on any atom is 0.316 e. The van der Waals surface area contributed by atoms with Gasteiger partial charge in [0.25, 0.3) is 5.89 Å². The number of aromatic nitrogens is 3. The van der Waals surface area contributed by atoms with Gasteiger partial charge in [0.05, 0.1) is 16.8 Å². The lowest BCUT2D eigenvalue weighted by Gasteiger charge is -2.02. The first kappa shape index (κ1) is 20.2. The number of H-pyrrole nitrogens is 1. The van der Waals surface area contributed by atoms with Gasteiger partial charge in [0.2, 0.25) is 0 Å². The molecule has 4 N–H and O–H groups in total. The van der Waals surface area contributed by atoms with Crippen LogP contribution in [-0.2, 0) is 0 Å². The summed E-state index contributed by atoms with van der Waals surface area (Å²) in [6.07, 6.45) is 2.96. The predicted molar refractivity (Wildman–Crippen MR) is 112 cm³/mol. The predicted octanol–water partition coefficient (Wildman–Crippen LogP) is 4.26. The average Bonchev–Trinajstić information content (AvgIpc) is 3.36. The second-order valence-electron chi connectivity index (χ2n) is 6.59. The van der Waals surface area contributed by atoms with Gasteiger partial charge in [0.1, 0.15) is 17.5 Å². The molecule has 0 radical (unpaired) electrons. The Morgan fingerprint density at radius 3 is 2.65 bits per heavy atom. The summed E-state index contributed by atoms with van der Waals surface area (Å²) in [5.41, 5.74) is 7.50. The Morgan fingerprint density at radius 1 is 1.16 bits per heavy atom. The Hall–Kier alpha value is -4.08. The lowest BCUT2D eigenvalue weighted by Crippen LogP contribution is -2.07. The van der Waals surface area contributed by atoms with E-state index in [1.54, 1.807) is 13.3 Å². The monoisotopic (exact) mass is 426 g/mol. The van der Waals surface area contributed by atoms with E-state index in [9.17, 15) is 13.2 Å². The molecule has 0 atom stereocenters. The molecule has 0 aliphatic heterocycles. The molecular weight excluding hydrogens is 409 g/mol. The van der Waals surface area contributed by atoms with E-state index in [1.807, 2.05) is 0 Å². The Labute approximate surface area is 174 Å². The molecule has 31 heavy (non-hydrogen) atoms. The second kappa shape index (κ2) is 8.34. The van der Waals surface area contributed by atoms with Gasteiger partial charge >= 0.3 is 6.01 Å². The van der Waals surface area contributed by atoms with Crippen molar-refractivity contribution in [2.75, 3.05) is 18.9 Å². The van der Waals surface area contributed by atoms with Crippen LogP contribution in [0.3, 0.4) is 0 Å². The first-order valence-electron chi connectivity index (χ1n) is 9.17. The van der Waals surface area contributed by atoms with Gasteiger partial charge in [-0.25, -0.2) is 13.2 Å². The molecule has 2 aromatic carbocycles. The van der Waals surface area contributed by atoms with E-state index >= 15 is 0 Å².